The van der Waals surface area contributed by atoms with Gasteiger partial charge < -0.3 is 4.74 Å². The number of hydrogen-bond acceptors (Lipinski definition) is 6. The van der Waals surface area contributed by atoms with E-state index < -0.39 is 38.4 Å². The molecule has 1 saturated heterocycles. The number of carbonyl (C=O) groups excluding carboxylic acids is 1. The van der Waals surface area contributed by atoms with Crippen molar-refractivity contribution in [3.63, 3.8) is 0 Å². The molecule has 3 atom stereocenters. The summed E-state index contributed by atoms with van der Waals surface area (Å²) in [5.74, 6) is -1.44. The van der Waals surface area contributed by atoms with Gasteiger partial charge in [-0.25, -0.2) is 8.42 Å². The summed E-state index contributed by atoms with van der Waals surface area (Å²) in [5, 5.41) is 12.3. The largest absolute Gasteiger partial charge is 0.466 e. The Kier molecular flexibility index (Phi) is 6.47. The highest BCUT2D eigenvalue weighted by Crippen LogP contribution is 2.49. The van der Waals surface area contributed by atoms with Gasteiger partial charge in [-0.05, 0) is 31.5 Å². The Balaban J connectivity index is 2.15. The molecule has 0 N–H and O–H groups in total. The Bertz CT molecular complexity index is 1060. The van der Waals surface area contributed by atoms with Crippen LogP contribution in [-0.4, -0.2) is 42.3 Å². The molecule has 1 aliphatic rings. The molecule has 0 aromatic heterocycles. The fraction of sp³-hybridized carbons (Fsp3) is 0.409. The first-order valence-corrected chi connectivity index (χ1v) is 11.5. The zero-order chi connectivity index (χ0) is 22.8. The second-order valence-electron chi connectivity index (χ2n) is 7.89. The third-order valence-electron chi connectivity index (χ3n) is 5.92. The highest BCUT2D eigenvalue weighted by Gasteiger charge is 2.64. The summed E-state index contributed by atoms with van der Waals surface area (Å²) >= 11 is 0. The van der Waals surface area contributed by atoms with E-state index in [4.69, 9.17) is 4.74 Å². The zero-order valence-electron chi connectivity index (χ0n) is 17.7. The van der Waals surface area contributed by atoms with Gasteiger partial charge in [-0.1, -0.05) is 48.0 Å². The monoisotopic (exact) mass is 446 g/mol. The van der Waals surface area contributed by atoms with Gasteiger partial charge in [-0.15, -0.1) is 0 Å². The molecular formula is C22H26N2O6S. The summed E-state index contributed by atoms with van der Waals surface area (Å²) in [6.45, 7) is 4.90. The van der Waals surface area contributed by atoms with Crippen LogP contribution in [0.3, 0.4) is 0 Å². The Morgan fingerprint density at radius 3 is 2.35 bits per heavy atom. The molecule has 2 aromatic rings. The highest BCUT2D eigenvalue weighted by molar-refractivity contribution is 7.89. The number of nitro groups is 1. The van der Waals surface area contributed by atoms with Crippen LogP contribution < -0.4 is 0 Å². The second-order valence-corrected chi connectivity index (χ2v) is 9.78. The minimum atomic E-state index is -4.06. The van der Waals surface area contributed by atoms with Crippen molar-refractivity contribution in [2.75, 3.05) is 13.2 Å². The third-order valence-corrected chi connectivity index (χ3v) is 7.77. The maximum Gasteiger partial charge on any atom is 0.306 e. The highest BCUT2D eigenvalue weighted by atomic mass is 32.2. The molecule has 9 heteroatoms. The lowest BCUT2D eigenvalue weighted by molar-refractivity contribution is -0.577. The van der Waals surface area contributed by atoms with E-state index in [0.717, 1.165) is 5.56 Å². The smallest absolute Gasteiger partial charge is 0.306 e. The Labute approximate surface area is 182 Å². The summed E-state index contributed by atoms with van der Waals surface area (Å²) in [6.07, 6.45) is -0.241. The molecular weight excluding hydrogens is 420 g/mol. The quantitative estimate of drug-likeness (QED) is 0.367. The molecule has 3 rings (SSSR count). The average molecular weight is 447 g/mol. The lowest BCUT2D eigenvalue weighted by Crippen LogP contribution is -2.46. The van der Waals surface area contributed by atoms with Crippen LogP contribution in [0.1, 0.15) is 37.4 Å². The standard InChI is InChI=1S/C22H26N2O6S/c1-4-30-20(25)14-18-15-23(31(28,29)19-12-10-16(2)11-13-19)21(22(18,3)24(26)27)17-8-6-5-7-9-17/h5-13,18,21H,4,14-15H2,1-3H3/t18-,21-,22+/m0/s1. The number of sulfonamides is 1. The van der Waals surface area contributed by atoms with Gasteiger partial charge in [0, 0.05) is 18.4 Å². The maximum atomic E-state index is 13.6. The number of rotatable bonds is 7. The predicted octanol–water partition coefficient (Wildman–Crippen LogP) is 3.35. The molecule has 8 nitrogen and oxygen atoms in total. The van der Waals surface area contributed by atoms with E-state index in [1.54, 1.807) is 49.4 Å². The topological polar surface area (TPSA) is 107 Å². The minimum Gasteiger partial charge on any atom is -0.466 e. The van der Waals surface area contributed by atoms with Crippen molar-refractivity contribution < 1.29 is 22.9 Å². The van der Waals surface area contributed by atoms with Crippen LogP contribution in [0.15, 0.2) is 59.5 Å². The molecule has 0 bridgehead atoms. The van der Waals surface area contributed by atoms with Crippen LogP contribution in [0.5, 0.6) is 0 Å². The molecule has 0 spiro atoms. The van der Waals surface area contributed by atoms with Crippen molar-refractivity contribution in [2.24, 2.45) is 5.92 Å². The Hall–Kier alpha value is -2.78. The lowest BCUT2D eigenvalue weighted by atomic mass is 9.79. The van der Waals surface area contributed by atoms with Gasteiger partial charge in [0.1, 0.15) is 6.04 Å². The number of esters is 1. The minimum absolute atomic E-state index is 0.0570. The maximum absolute atomic E-state index is 13.6. The predicted molar refractivity (Wildman–Crippen MR) is 114 cm³/mol. The van der Waals surface area contributed by atoms with Crippen LogP contribution in [0.2, 0.25) is 0 Å². The van der Waals surface area contributed by atoms with Gasteiger partial charge in [0.15, 0.2) is 0 Å². The van der Waals surface area contributed by atoms with Crippen molar-refractivity contribution in [3.8, 4) is 0 Å². The van der Waals surface area contributed by atoms with Gasteiger partial charge in [-0.2, -0.15) is 4.31 Å². The van der Waals surface area contributed by atoms with E-state index in [2.05, 4.69) is 0 Å². The molecule has 2 aromatic carbocycles. The molecule has 1 aliphatic heterocycles. The first kappa shape index (κ1) is 22.9. The van der Waals surface area contributed by atoms with E-state index >= 15 is 0 Å². The first-order valence-electron chi connectivity index (χ1n) is 10.1. The number of benzene rings is 2. The van der Waals surface area contributed by atoms with Crippen LogP contribution in [0.25, 0.3) is 0 Å². The van der Waals surface area contributed by atoms with E-state index in [-0.39, 0.29) is 24.5 Å². The molecule has 1 heterocycles. The second kappa shape index (κ2) is 8.76. The van der Waals surface area contributed by atoms with Gasteiger partial charge in [-0.3, -0.25) is 14.9 Å². The lowest BCUT2D eigenvalue weighted by Gasteiger charge is -2.30. The van der Waals surface area contributed by atoms with Crippen molar-refractivity contribution in [1.29, 1.82) is 0 Å². The van der Waals surface area contributed by atoms with Crippen molar-refractivity contribution in [3.05, 3.63) is 75.8 Å². The van der Waals surface area contributed by atoms with Crippen LogP contribution >= 0.6 is 0 Å². The molecule has 0 amide bonds. The molecule has 1 fully saturated rings. The zero-order valence-corrected chi connectivity index (χ0v) is 18.5. The molecule has 31 heavy (non-hydrogen) atoms. The fourth-order valence-corrected chi connectivity index (χ4v) is 5.92. The van der Waals surface area contributed by atoms with Gasteiger partial charge >= 0.3 is 5.97 Å². The summed E-state index contributed by atoms with van der Waals surface area (Å²) < 4.78 is 33.3. The molecule has 0 aliphatic carbocycles. The molecule has 166 valence electrons. The Morgan fingerprint density at radius 2 is 1.81 bits per heavy atom. The molecule has 0 saturated carbocycles. The van der Waals surface area contributed by atoms with Gasteiger partial charge in [0.2, 0.25) is 15.6 Å². The number of nitrogens with zero attached hydrogens (tertiary/aromatic N) is 2. The first-order chi connectivity index (χ1) is 14.6. The van der Waals surface area contributed by atoms with Crippen LogP contribution in [0, 0.1) is 23.0 Å². The van der Waals surface area contributed by atoms with E-state index in [1.807, 2.05) is 6.92 Å². The Morgan fingerprint density at radius 1 is 1.19 bits per heavy atom. The summed E-state index contributed by atoms with van der Waals surface area (Å²) in [4.78, 5) is 24.1. The normalized spacial score (nSPS) is 24.1. The van der Waals surface area contributed by atoms with E-state index in [9.17, 15) is 23.3 Å². The van der Waals surface area contributed by atoms with Crippen LogP contribution in [0.4, 0.5) is 0 Å². The number of carbonyl (C=O) groups is 1. The average Bonchev–Trinajstić information content (AvgIpc) is 3.03. The third kappa shape index (κ3) is 4.20. The molecule has 0 radical (unpaired) electrons. The number of aryl methyl sites for hydroxylation is 1. The van der Waals surface area contributed by atoms with Crippen molar-refractivity contribution in [1.82, 2.24) is 4.31 Å². The van der Waals surface area contributed by atoms with Gasteiger partial charge in [0.05, 0.1) is 23.8 Å². The summed E-state index contributed by atoms with van der Waals surface area (Å²) in [7, 11) is -4.06. The van der Waals surface area contributed by atoms with E-state index in [1.165, 1.54) is 23.4 Å². The molecule has 0 unspecified atom stereocenters. The number of ether oxygens (including phenoxy) is 1. The summed E-state index contributed by atoms with van der Waals surface area (Å²) in [6, 6.07) is 13.8. The summed E-state index contributed by atoms with van der Waals surface area (Å²) in [5.41, 5.74) is -0.314. The SMILES string of the molecule is CCOC(=O)C[C@H]1CN(S(=O)(=O)c2ccc(C)cc2)[C@@H](c2ccccc2)[C@]1(C)[N+](=O)[O-]. The van der Waals surface area contributed by atoms with Crippen molar-refractivity contribution >= 4 is 16.0 Å². The van der Waals surface area contributed by atoms with Crippen molar-refractivity contribution in [2.45, 2.75) is 43.7 Å². The van der Waals surface area contributed by atoms with E-state index in [0.29, 0.717) is 5.56 Å². The number of hydrogen-bond donors (Lipinski definition) is 0. The van der Waals surface area contributed by atoms with Crippen LogP contribution in [-0.2, 0) is 19.6 Å². The van der Waals surface area contributed by atoms with Gasteiger partial charge in [0.25, 0.3) is 0 Å². The fourth-order valence-electron chi connectivity index (χ4n) is 4.18.